The molecular weight excluding hydrogens is 633 g/mol. The first-order valence-electron chi connectivity index (χ1n) is 18.2. The van der Waals surface area contributed by atoms with E-state index in [1.165, 1.54) is 62.6 Å². The second-order valence-corrected chi connectivity index (χ2v) is 13.6. The Balaban J connectivity index is 1.12. The molecule has 10 heteroatoms. The maximum absolute atomic E-state index is 5.06. The zero-order valence-corrected chi connectivity index (χ0v) is 28.5. The third-order valence-electron chi connectivity index (χ3n) is 10.3. The van der Waals surface area contributed by atoms with Crippen LogP contribution in [0.5, 0.6) is 0 Å². The summed E-state index contributed by atoms with van der Waals surface area (Å²) in [6, 6.07) is 25.2. The predicted molar refractivity (Wildman–Crippen MR) is 208 cm³/mol. The molecule has 6 heterocycles. The van der Waals surface area contributed by atoms with E-state index in [1.807, 2.05) is 47.5 Å². The number of piperidine rings is 1. The lowest BCUT2D eigenvalue weighted by atomic mass is 9.83. The second kappa shape index (κ2) is 13.8. The molecule has 51 heavy (non-hydrogen) atoms. The summed E-state index contributed by atoms with van der Waals surface area (Å²) in [5, 5.41) is 7.21. The number of benzene rings is 2. The van der Waals surface area contributed by atoms with Crippen molar-refractivity contribution in [1.29, 1.82) is 0 Å². The van der Waals surface area contributed by atoms with Gasteiger partial charge < -0.3 is 15.5 Å². The standard InChI is InChI=1S/C41H40N10/c1-3-11-28(12-4-1)29-15-17-32(34(23-29)46-38-13-5-7-19-42-38)36-25-31-26-37(49-41-45-27-44-40(48-36)51(31)41)33-18-16-30(50-21-9-2-10-22-50)24-35(33)47-39-14-6-8-20-43-39/h5-8,13-20,23-28H,1-4,9-12,21-22H2,(H,42,46)(H,43,47). The quantitative estimate of drug-likeness (QED) is 0.194. The van der Waals surface area contributed by atoms with E-state index in [0.717, 1.165) is 64.3 Å². The van der Waals surface area contributed by atoms with Gasteiger partial charge in [-0.1, -0.05) is 43.5 Å². The van der Waals surface area contributed by atoms with Crippen LogP contribution in [0.4, 0.5) is 28.7 Å². The molecule has 2 aromatic heterocycles. The normalized spacial score (nSPS) is 18.5. The first-order valence-corrected chi connectivity index (χ1v) is 18.2. The van der Waals surface area contributed by atoms with E-state index in [9.17, 15) is 0 Å². The van der Waals surface area contributed by atoms with Gasteiger partial charge in [-0.3, -0.25) is 0 Å². The summed E-state index contributed by atoms with van der Waals surface area (Å²) in [4.78, 5) is 32.9. The molecule has 5 aliphatic rings. The molecule has 2 aromatic carbocycles. The lowest BCUT2D eigenvalue weighted by Crippen LogP contribution is -2.40. The van der Waals surface area contributed by atoms with Crippen molar-refractivity contribution < 1.29 is 0 Å². The molecule has 2 fully saturated rings. The van der Waals surface area contributed by atoms with Gasteiger partial charge in [0.15, 0.2) is 0 Å². The fourth-order valence-electron chi connectivity index (χ4n) is 7.67. The lowest BCUT2D eigenvalue weighted by molar-refractivity contribution is 0.444. The first kappa shape index (κ1) is 31.1. The van der Waals surface area contributed by atoms with Gasteiger partial charge in [-0.15, -0.1) is 0 Å². The van der Waals surface area contributed by atoms with E-state index in [4.69, 9.17) is 9.98 Å². The zero-order valence-electron chi connectivity index (χ0n) is 28.5. The smallest absolute Gasteiger partial charge is 0.239 e. The SMILES string of the molecule is C1=NC2=NC(c3ccc(C4CCCCC4)cc3Nc3ccccn3)=CC3=CC(c4ccc(N5CCCCC5)cc4Nc4ccccn4)=NC(=N1)N32. The Labute approximate surface area is 298 Å². The first-order chi connectivity index (χ1) is 25.2. The van der Waals surface area contributed by atoms with Crippen molar-refractivity contribution in [1.82, 2.24) is 14.9 Å². The van der Waals surface area contributed by atoms with Crippen molar-refractivity contribution in [3.05, 3.63) is 120 Å². The number of aliphatic imine (C=N–C) groups is 4. The van der Waals surface area contributed by atoms with Crippen LogP contribution in [-0.4, -0.2) is 51.9 Å². The fourth-order valence-corrected chi connectivity index (χ4v) is 7.67. The molecule has 1 saturated heterocycles. The van der Waals surface area contributed by atoms with Crippen LogP contribution in [-0.2, 0) is 0 Å². The van der Waals surface area contributed by atoms with Crippen molar-refractivity contribution in [3.8, 4) is 0 Å². The van der Waals surface area contributed by atoms with E-state index in [1.54, 1.807) is 12.5 Å². The number of nitrogens with zero attached hydrogens (tertiary/aromatic N) is 8. The van der Waals surface area contributed by atoms with Crippen molar-refractivity contribution in [2.75, 3.05) is 28.6 Å². The number of hydrogen-bond acceptors (Lipinski definition) is 10. The third-order valence-corrected chi connectivity index (χ3v) is 10.3. The van der Waals surface area contributed by atoms with E-state index >= 15 is 0 Å². The van der Waals surface area contributed by atoms with Crippen LogP contribution in [0, 0.1) is 0 Å². The number of aromatic nitrogens is 2. The minimum Gasteiger partial charge on any atom is -0.371 e. The molecular formula is C41H40N10. The second-order valence-electron chi connectivity index (χ2n) is 13.6. The van der Waals surface area contributed by atoms with Crippen LogP contribution >= 0.6 is 0 Å². The Morgan fingerprint density at radius 2 is 1.37 bits per heavy atom. The van der Waals surface area contributed by atoms with E-state index < -0.39 is 0 Å². The molecule has 1 aliphatic carbocycles. The highest BCUT2D eigenvalue weighted by Crippen LogP contribution is 2.39. The number of pyridine rings is 2. The average molecular weight is 673 g/mol. The van der Waals surface area contributed by atoms with Gasteiger partial charge in [0.25, 0.3) is 0 Å². The van der Waals surface area contributed by atoms with Crippen LogP contribution in [0.3, 0.4) is 0 Å². The van der Waals surface area contributed by atoms with E-state index in [2.05, 4.69) is 84.0 Å². The molecule has 0 atom stereocenters. The topological polar surface area (TPSA) is 106 Å². The van der Waals surface area contributed by atoms with Gasteiger partial charge in [-0.25, -0.2) is 34.8 Å². The highest BCUT2D eigenvalue weighted by atomic mass is 15.4. The Hall–Kier alpha value is -5.90. The summed E-state index contributed by atoms with van der Waals surface area (Å²) in [5.74, 6) is 3.22. The zero-order chi connectivity index (χ0) is 34.0. The summed E-state index contributed by atoms with van der Waals surface area (Å²) < 4.78 is 0. The molecule has 0 unspecified atom stereocenters. The lowest BCUT2D eigenvalue weighted by Gasteiger charge is -2.32. The fraction of sp³-hybridized carbons (Fsp3) is 0.268. The van der Waals surface area contributed by atoms with E-state index in [-0.39, 0.29) is 0 Å². The molecule has 254 valence electrons. The molecule has 10 nitrogen and oxygen atoms in total. The number of rotatable bonds is 8. The Bertz CT molecular complexity index is 2010. The summed E-state index contributed by atoms with van der Waals surface area (Å²) in [6.07, 6.45) is 19.4. The van der Waals surface area contributed by atoms with Crippen LogP contribution < -0.4 is 15.5 Å². The monoisotopic (exact) mass is 672 g/mol. The number of allylic oxidation sites excluding steroid dienone is 2. The molecule has 9 rings (SSSR count). The van der Waals surface area contributed by atoms with Gasteiger partial charge in [0, 0.05) is 48.0 Å². The molecule has 4 aliphatic heterocycles. The largest absolute Gasteiger partial charge is 0.371 e. The molecule has 0 radical (unpaired) electrons. The van der Waals surface area contributed by atoms with Crippen LogP contribution in [0.15, 0.2) is 123 Å². The Morgan fingerprint density at radius 1 is 0.647 bits per heavy atom. The van der Waals surface area contributed by atoms with Gasteiger partial charge in [0.05, 0.1) is 22.8 Å². The molecule has 0 spiro atoms. The van der Waals surface area contributed by atoms with Crippen LogP contribution in [0.2, 0.25) is 0 Å². The van der Waals surface area contributed by atoms with Crippen molar-refractivity contribution in [2.24, 2.45) is 20.0 Å². The van der Waals surface area contributed by atoms with Crippen molar-refractivity contribution in [2.45, 2.75) is 57.3 Å². The maximum atomic E-state index is 5.06. The molecule has 4 aromatic rings. The number of hydrogen-bond donors (Lipinski definition) is 2. The van der Waals surface area contributed by atoms with Crippen LogP contribution in [0.1, 0.15) is 74.0 Å². The van der Waals surface area contributed by atoms with Crippen molar-refractivity contribution >= 4 is 58.4 Å². The number of anilines is 5. The summed E-state index contributed by atoms with van der Waals surface area (Å²) in [5.41, 5.74) is 8.95. The Morgan fingerprint density at radius 3 is 2.12 bits per heavy atom. The van der Waals surface area contributed by atoms with Crippen LogP contribution in [0.25, 0.3) is 5.70 Å². The summed E-state index contributed by atoms with van der Waals surface area (Å²) in [6.45, 7) is 2.12. The van der Waals surface area contributed by atoms with Crippen molar-refractivity contribution in [3.63, 3.8) is 0 Å². The minimum absolute atomic E-state index is 0.537. The van der Waals surface area contributed by atoms with Gasteiger partial charge in [-0.2, -0.15) is 0 Å². The molecule has 1 saturated carbocycles. The van der Waals surface area contributed by atoms with Gasteiger partial charge in [0.1, 0.15) is 18.0 Å². The highest BCUT2D eigenvalue weighted by Gasteiger charge is 2.32. The summed E-state index contributed by atoms with van der Waals surface area (Å²) in [7, 11) is 0. The molecule has 2 N–H and O–H groups in total. The Kier molecular flexibility index (Phi) is 8.41. The molecule has 0 amide bonds. The van der Waals surface area contributed by atoms with Gasteiger partial charge >= 0.3 is 0 Å². The average Bonchev–Trinajstić information content (AvgIpc) is 3.19. The number of guanidine groups is 2. The predicted octanol–water partition coefficient (Wildman–Crippen LogP) is 8.80. The maximum Gasteiger partial charge on any atom is 0.239 e. The minimum atomic E-state index is 0.537. The third kappa shape index (κ3) is 6.45. The van der Waals surface area contributed by atoms with E-state index in [0.29, 0.717) is 17.8 Å². The van der Waals surface area contributed by atoms with Gasteiger partial charge in [0.2, 0.25) is 11.9 Å². The highest BCUT2D eigenvalue weighted by molar-refractivity contribution is 6.24. The molecule has 0 bridgehead atoms. The summed E-state index contributed by atoms with van der Waals surface area (Å²) >= 11 is 0. The van der Waals surface area contributed by atoms with Gasteiger partial charge in [-0.05, 0) is 104 Å². The number of nitrogens with one attached hydrogen (secondary N) is 2.